The Morgan fingerprint density at radius 1 is 1.03 bits per heavy atom. The van der Waals surface area contributed by atoms with Gasteiger partial charge in [0, 0.05) is 11.3 Å². The molecule has 0 aliphatic rings. The molecule has 158 valence electrons. The molecular weight excluding hydrogens is 406 g/mol. The number of aromatic nitrogens is 1. The van der Waals surface area contributed by atoms with Crippen molar-refractivity contribution in [1.82, 2.24) is 4.98 Å². The molecule has 0 aliphatic carbocycles. The zero-order valence-corrected chi connectivity index (χ0v) is 18.2. The van der Waals surface area contributed by atoms with Gasteiger partial charge in [-0.25, -0.2) is 4.98 Å². The van der Waals surface area contributed by atoms with Crippen molar-refractivity contribution in [2.45, 2.75) is 32.6 Å². The fraction of sp³-hybridized carbons (Fsp3) is 0.200. The number of fused-ring (bicyclic) bond motifs is 1. The van der Waals surface area contributed by atoms with Crippen LogP contribution in [-0.2, 0) is 29.2 Å². The minimum absolute atomic E-state index is 0.247. The largest absolute Gasteiger partial charge is 0.370 e. The molecule has 3 aromatic carbocycles. The summed E-state index contributed by atoms with van der Waals surface area (Å²) in [5.74, 6) is -0.247. The summed E-state index contributed by atoms with van der Waals surface area (Å²) in [7, 11) is 0. The highest BCUT2D eigenvalue weighted by Crippen LogP contribution is 2.27. The third kappa shape index (κ3) is 5.35. The second-order valence-electron chi connectivity index (χ2n) is 7.46. The summed E-state index contributed by atoms with van der Waals surface area (Å²) in [6.45, 7) is 2.52. The summed E-state index contributed by atoms with van der Waals surface area (Å²) in [6, 6.07) is 24.1. The number of hydrogen-bond donors (Lipinski definition) is 2. The van der Waals surface area contributed by atoms with Gasteiger partial charge in [0.1, 0.15) is 0 Å². The minimum Gasteiger partial charge on any atom is -0.370 e. The Hall–Kier alpha value is -3.06. The van der Waals surface area contributed by atoms with Gasteiger partial charge < -0.3 is 15.8 Å². The molecule has 0 saturated carbocycles. The van der Waals surface area contributed by atoms with Crippen LogP contribution < -0.4 is 11.1 Å². The molecule has 3 N–H and O–H groups in total. The van der Waals surface area contributed by atoms with Crippen molar-refractivity contribution in [1.29, 1.82) is 0 Å². The highest BCUT2D eigenvalue weighted by molar-refractivity contribution is 7.15. The van der Waals surface area contributed by atoms with Gasteiger partial charge in [-0.3, -0.25) is 4.79 Å². The number of amides is 1. The van der Waals surface area contributed by atoms with E-state index in [1.54, 1.807) is 6.92 Å². The second kappa shape index (κ2) is 9.83. The number of benzene rings is 3. The van der Waals surface area contributed by atoms with Gasteiger partial charge in [0.15, 0.2) is 5.13 Å². The molecule has 4 rings (SSSR count). The predicted octanol–water partition coefficient (Wildman–Crippen LogP) is 4.89. The number of thiazole rings is 1. The van der Waals surface area contributed by atoms with Crippen molar-refractivity contribution in [2.24, 2.45) is 5.73 Å². The molecule has 0 saturated heterocycles. The number of anilines is 1. The molecule has 0 aliphatic heterocycles. The number of carbonyl (C=O) groups excluding carboxylic acids is 1. The Morgan fingerprint density at radius 2 is 1.77 bits per heavy atom. The third-order valence-corrected chi connectivity index (χ3v) is 6.02. The van der Waals surface area contributed by atoms with Gasteiger partial charge in [-0.1, -0.05) is 72.8 Å². The molecule has 1 unspecified atom stereocenters. The fourth-order valence-corrected chi connectivity index (χ4v) is 4.37. The monoisotopic (exact) mass is 431 g/mol. The summed E-state index contributed by atoms with van der Waals surface area (Å²) in [5, 5.41) is 5.75. The lowest BCUT2D eigenvalue weighted by Crippen LogP contribution is -2.32. The Morgan fingerprint density at radius 3 is 2.58 bits per heavy atom. The van der Waals surface area contributed by atoms with Crippen LogP contribution in [0, 0.1) is 0 Å². The maximum Gasteiger partial charge on any atom is 0.242 e. The quantitative estimate of drug-likeness (QED) is 0.416. The van der Waals surface area contributed by atoms with Crippen LogP contribution in [0.3, 0.4) is 0 Å². The molecule has 6 heteroatoms. The second-order valence-corrected chi connectivity index (χ2v) is 8.54. The van der Waals surface area contributed by atoms with E-state index in [-0.39, 0.29) is 5.91 Å². The van der Waals surface area contributed by atoms with E-state index in [9.17, 15) is 4.79 Å². The first kappa shape index (κ1) is 21.2. The number of nitrogens with zero attached hydrogens (tertiary/aromatic N) is 1. The van der Waals surface area contributed by atoms with Gasteiger partial charge in [0.05, 0.1) is 24.9 Å². The molecular formula is C25H25N3O2S. The average Bonchev–Trinajstić information content (AvgIpc) is 3.15. The van der Waals surface area contributed by atoms with Crippen LogP contribution in [0.2, 0.25) is 0 Å². The number of rotatable bonds is 8. The Kier molecular flexibility index (Phi) is 6.72. The summed E-state index contributed by atoms with van der Waals surface area (Å²) >= 11 is 1.47. The van der Waals surface area contributed by atoms with Gasteiger partial charge in [0.25, 0.3) is 0 Å². The third-order valence-electron chi connectivity index (χ3n) is 5.01. The molecule has 31 heavy (non-hydrogen) atoms. The van der Waals surface area contributed by atoms with E-state index in [0.29, 0.717) is 18.3 Å². The van der Waals surface area contributed by atoms with Gasteiger partial charge >= 0.3 is 0 Å². The Bertz CT molecular complexity index is 1170. The lowest BCUT2D eigenvalue weighted by Gasteiger charge is -2.08. The van der Waals surface area contributed by atoms with E-state index in [0.717, 1.165) is 22.6 Å². The van der Waals surface area contributed by atoms with E-state index < -0.39 is 6.04 Å². The van der Waals surface area contributed by atoms with E-state index in [1.807, 2.05) is 36.4 Å². The molecule has 4 aromatic rings. The maximum atomic E-state index is 12.0. The minimum atomic E-state index is -0.590. The van der Waals surface area contributed by atoms with Gasteiger partial charge in [0.2, 0.25) is 5.91 Å². The lowest BCUT2D eigenvalue weighted by molar-refractivity contribution is -0.117. The Labute approximate surface area is 185 Å². The van der Waals surface area contributed by atoms with Gasteiger partial charge in [-0.2, -0.15) is 0 Å². The highest BCUT2D eigenvalue weighted by Gasteiger charge is 2.16. The first-order valence-corrected chi connectivity index (χ1v) is 11.0. The molecule has 0 radical (unpaired) electrons. The van der Waals surface area contributed by atoms with Crippen LogP contribution in [0.5, 0.6) is 0 Å². The topological polar surface area (TPSA) is 77.2 Å². The fourth-order valence-electron chi connectivity index (χ4n) is 3.36. The van der Waals surface area contributed by atoms with E-state index >= 15 is 0 Å². The van der Waals surface area contributed by atoms with Crippen molar-refractivity contribution in [3.8, 4) is 0 Å². The predicted molar refractivity (Wildman–Crippen MR) is 126 cm³/mol. The summed E-state index contributed by atoms with van der Waals surface area (Å²) in [5.41, 5.74) is 8.85. The Balaban J connectivity index is 1.51. The first-order valence-electron chi connectivity index (χ1n) is 10.2. The molecule has 0 bridgehead atoms. The lowest BCUT2D eigenvalue weighted by atomic mass is 10.1. The van der Waals surface area contributed by atoms with Crippen LogP contribution >= 0.6 is 11.3 Å². The van der Waals surface area contributed by atoms with Crippen LogP contribution in [0.4, 0.5) is 5.13 Å². The van der Waals surface area contributed by atoms with E-state index in [2.05, 4.69) is 46.7 Å². The van der Waals surface area contributed by atoms with Gasteiger partial charge in [-0.15, -0.1) is 11.3 Å². The van der Waals surface area contributed by atoms with Crippen LogP contribution in [0.25, 0.3) is 10.8 Å². The van der Waals surface area contributed by atoms with Crippen LogP contribution in [-0.4, -0.2) is 16.9 Å². The van der Waals surface area contributed by atoms with Crippen molar-refractivity contribution in [3.63, 3.8) is 0 Å². The molecule has 1 atom stereocenters. The molecule has 1 aromatic heterocycles. The average molecular weight is 432 g/mol. The smallest absolute Gasteiger partial charge is 0.242 e. The number of carbonyl (C=O) groups is 1. The molecule has 5 nitrogen and oxygen atoms in total. The van der Waals surface area contributed by atoms with Gasteiger partial charge in [-0.05, 0) is 28.8 Å². The SMILES string of the molecule is CC(N)C(=O)Nc1nc(COCc2cccc3ccccc23)c(Cc2ccccc2)s1. The number of hydrogen-bond acceptors (Lipinski definition) is 5. The molecule has 0 fully saturated rings. The molecule has 1 amide bonds. The van der Waals surface area contributed by atoms with Crippen molar-refractivity contribution in [3.05, 3.63) is 94.5 Å². The number of nitrogens with one attached hydrogen (secondary N) is 1. The zero-order valence-electron chi connectivity index (χ0n) is 17.4. The summed E-state index contributed by atoms with van der Waals surface area (Å²) in [6.07, 6.45) is 0.736. The van der Waals surface area contributed by atoms with Crippen LogP contribution in [0.15, 0.2) is 72.8 Å². The molecule has 1 heterocycles. The molecule has 0 spiro atoms. The summed E-state index contributed by atoms with van der Waals surface area (Å²) < 4.78 is 6.06. The zero-order chi connectivity index (χ0) is 21.6. The number of nitrogens with two attached hydrogens (primary N) is 1. The maximum absolute atomic E-state index is 12.0. The van der Waals surface area contributed by atoms with E-state index in [4.69, 9.17) is 10.5 Å². The van der Waals surface area contributed by atoms with Crippen molar-refractivity contribution in [2.75, 3.05) is 5.32 Å². The van der Waals surface area contributed by atoms with Crippen molar-refractivity contribution >= 4 is 33.1 Å². The van der Waals surface area contributed by atoms with E-state index in [1.165, 1.54) is 27.7 Å². The standard InChI is InChI=1S/C25H25N3O2S/c1-17(26)24(29)28-25-27-22(23(31-25)14-18-8-3-2-4-9-18)16-30-15-20-12-7-11-19-10-5-6-13-21(19)20/h2-13,17H,14-16,26H2,1H3,(H,27,28,29). The highest BCUT2D eigenvalue weighted by atomic mass is 32.1. The first-order chi connectivity index (χ1) is 15.1. The normalized spacial score (nSPS) is 12.1. The van der Waals surface area contributed by atoms with Crippen LogP contribution in [0.1, 0.15) is 28.6 Å². The summed E-state index contributed by atoms with van der Waals surface area (Å²) in [4.78, 5) is 17.7. The number of ether oxygens (including phenoxy) is 1. The van der Waals surface area contributed by atoms with Crippen molar-refractivity contribution < 1.29 is 9.53 Å².